The van der Waals surface area contributed by atoms with Crippen LogP contribution in [0.15, 0.2) is 48.5 Å². The van der Waals surface area contributed by atoms with E-state index in [0.29, 0.717) is 11.8 Å². The van der Waals surface area contributed by atoms with Gasteiger partial charge in [0, 0.05) is 48.6 Å². The van der Waals surface area contributed by atoms with Crippen LogP contribution in [-0.2, 0) is 13.1 Å². The summed E-state index contributed by atoms with van der Waals surface area (Å²) in [7, 11) is 0. The van der Waals surface area contributed by atoms with Crippen molar-refractivity contribution in [3.63, 3.8) is 0 Å². The fraction of sp³-hybridized carbons (Fsp3) is 0.533. The van der Waals surface area contributed by atoms with Crippen molar-refractivity contribution in [3.8, 4) is 0 Å². The van der Waals surface area contributed by atoms with Crippen LogP contribution in [0.3, 0.4) is 0 Å². The number of hydrogen-bond acceptors (Lipinski definition) is 2. The van der Waals surface area contributed by atoms with Crippen LogP contribution >= 0.6 is 0 Å². The van der Waals surface area contributed by atoms with Crippen LogP contribution in [0.5, 0.6) is 0 Å². The highest BCUT2D eigenvalue weighted by molar-refractivity contribution is 5.69. The van der Waals surface area contributed by atoms with Gasteiger partial charge in [0.1, 0.15) is 38.4 Å². The molecule has 6 aliphatic rings. The molecule has 4 nitrogen and oxygen atoms in total. The molecule has 6 aliphatic heterocycles. The van der Waals surface area contributed by atoms with E-state index in [0.717, 1.165) is 35.1 Å². The summed E-state index contributed by atoms with van der Waals surface area (Å²) in [5.74, 6) is 1.10. The first-order valence-corrected chi connectivity index (χ1v) is 13.4. The van der Waals surface area contributed by atoms with E-state index in [1.54, 1.807) is 0 Å². The minimum Gasteiger partial charge on any atom is -0.387 e. The van der Waals surface area contributed by atoms with Gasteiger partial charge in [-0.1, -0.05) is 60.7 Å². The van der Waals surface area contributed by atoms with Gasteiger partial charge in [-0.3, -0.25) is 0 Å². The molecular formula is C30H40N2O2+2. The van der Waals surface area contributed by atoms with Crippen molar-refractivity contribution in [1.29, 1.82) is 0 Å². The minimum atomic E-state index is -0.0982. The monoisotopic (exact) mass is 460 g/mol. The number of hydrogen-bond donors (Lipinski definition) is 2. The van der Waals surface area contributed by atoms with Gasteiger partial charge in [0.05, 0.1) is 26.2 Å². The fourth-order valence-electron chi connectivity index (χ4n) is 7.38. The van der Waals surface area contributed by atoms with Crippen molar-refractivity contribution in [3.05, 3.63) is 70.8 Å². The second-order valence-corrected chi connectivity index (χ2v) is 11.9. The number of rotatable bonds is 6. The molecule has 0 spiro atoms. The maximum Gasteiger partial charge on any atom is 0.106 e. The van der Waals surface area contributed by atoms with Crippen LogP contribution in [0.25, 0.3) is 12.2 Å². The van der Waals surface area contributed by atoms with Gasteiger partial charge in [-0.05, 0) is 11.1 Å². The Kier molecular flexibility index (Phi) is 5.89. The Morgan fingerprint density at radius 3 is 1.26 bits per heavy atom. The summed E-state index contributed by atoms with van der Waals surface area (Å²) in [6.07, 6.45) is 8.95. The molecule has 2 N–H and O–H groups in total. The summed E-state index contributed by atoms with van der Waals surface area (Å²) in [6.45, 7) is 8.86. The number of fused-ring (bicyclic) bond motifs is 6. The molecule has 4 heteroatoms. The normalized spacial score (nSPS) is 36.9. The van der Waals surface area contributed by atoms with Crippen LogP contribution in [-0.4, -0.2) is 70.7 Å². The van der Waals surface area contributed by atoms with Gasteiger partial charge in [-0.25, -0.2) is 0 Å². The fourth-order valence-corrected chi connectivity index (χ4v) is 7.38. The molecular weight excluding hydrogens is 420 g/mol. The minimum absolute atomic E-state index is 0.0982. The zero-order valence-corrected chi connectivity index (χ0v) is 20.4. The zero-order valence-electron chi connectivity index (χ0n) is 20.4. The first-order chi connectivity index (χ1) is 16.5. The second-order valence-electron chi connectivity index (χ2n) is 11.9. The number of quaternary nitrogens is 2. The average Bonchev–Trinajstić information content (AvgIpc) is 2.85. The van der Waals surface area contributed by atoms with Gasteiger partial charge in [-0.15, -0.1) is 0 Å². The molecule has 0 aromatic heterocycles. The highest BCUT2D eigenvalue weighted by atomic mass is 16.3. The predicted octanol–water partition coefficient (Wildman–Crippen LogP) is 4.06. The lowest BCUT2D eigenvalue weighted by atomic mass is 9.83. The van der Waals surface area contributed by atoms with Crippen LogP contribution in [0.2, 0.25) is 0 Å². The van der Waals surface area contributed by atoms with E-state index in [-0.39, 0.29) is 12.2 Å². The molecule has 180 valence electrons. The lowest BCUT2D eigenvalue weighted by molar-refractivity contribution is -0.958. The predicted molar refractivity (Wildman–Crippen MR) is 136 cm³/mol. The quantitative estimate of drug-likeness (QED) is 0.504. The molecule has 0 saturated carbocycles. The lowest BCUT2D eigenvalue weighted by Crippen LogP contribution is -2.63. The first kappa shape index (κ1) is 22.5. The Bertz CT molecular complexity index is 929. The smallest absolute Gasteiger partial charge is 0.106 e. The van der Waals surface area contributed by atoms with Crippen LogP contribution in [0, 0.1) is 11.8 Å². The third-order valence-corrected chi connectivity index (χ3v) is 9.60. The van der Waals surface area contributed by atoms with Gasteiger partial charge < -0.3 is 19.2 Å². The Hall–Kier alpha value is -1.98. The standard InChI is InChI=1S/C30H40N2O2/c33-29-21-31(15-11-27(29)12-16-31)19-25-7-3-23(4-8-25)1-2-24-5-9-26(10-6-24)20-32-17-13-28(14-18-32)30(34)22-32/h1-10,27-30,33-34H,11-22H2/q+2/b2-1+/t27?,28?,29-,30+,31?,32?. The number of nitrogens with zero attached hydrogens (tertiary/aromatic N) is 2. The molecule has 0 amide bonds. The van der Waals surface area contributed by atoms with Crippen molar-refractivity contribution in [2.24, 2.45) is 11.8 Å². The summed E-state index contributed by atoms with van der Waals surface area (Å²) in [6, 6.07) is 18.0. The van der Waals surface area contributed by atoms with Gasteiger partial charge in [-0.2, -0.15) is 0 Å². The summed E-state index contributed by atoms with van der Waals surface area (Å²) < 4.78 is 2.14. The van der Waals surface area contributed by atoms with Crippen molar-refractivity contribution in [2.45, 2.75) is 51.0 Å². The van der Waals surface area contributed by atoms with E-state index in [2.05, 4.69) is 60.7 Å². The molecule has 0 unspecified atom stereocenters. The molecule has 0 aliphatic carbocycles. The van der Waals surface area contributed by atoms with E-state index in [1.807, 2.05) is 0 Å². The van der Waals surface area contributed by atoms with Gasteiger partial charge in [0.15, 0.2) is 0 Å². The largest absolute Gasteiger partial charge is 0.387 e. The molecule has 2 atom stereocenters. The average molecular weight is 461 g/mol. The van der Waals surface area contributed by atoms with Gasteiger partial charge >= 0.3 is 0 Å². The van der Waals surface area contributed by atoms with E-state index in [4.69, 9.17) is 0 Å². The third kappa shape index (κ3) is 4.49. The van der Waals surface area contributed by atoms with E-state index >= 15 is 0 Å². The summed E-state index contributed by atoms with van der Waals surface area (Å²) in [5.41, 5.74) is 5.23. The summed E-state index contributed by atoms with van der Waals surface area (Å²) >= 11 is 0. The summed E-state index contributed by atoms with van der Waals surface area (Å²) in [4.78, 5) is 0. The van der Waals surface area contributed by atoms with E-state index < -0.39 is 0 Å². The SMILES string of the molecule is O[C@@H]1C[N+]2(Cc3ccc(/C=C/c4ccc(C[N+]56CCC(CC5)[C@@H](O)C6)cc4)cc3)CCC1CC2. The van der Waals surface area contributed by atoms with Gasteiger partial charge in [0.25, 0.3) is 0 Å². The summed E-state index contributed by atoms with van der Waals surface area (Å²) in [5, 5.41) is 20.7. The maximum absolute atomic E-state index is 10.4. The number of aliphatic hydroxyl groups excluding tert-OH is 2. The first-order valence-electron chi connectivity index (χ1n) is 13.4. The van der Waals surface area contributed by atoms with E-state index in [9.17, 15) is 10.2 Å². The molecule has 4 bridgehead atoms. The number of piperidine rings is 6. The van der Waals surface area contributed by atoms with Gasteiger partial charge in [0.2, 0.25) is 0 Å². The molecule has 2 aromatic rings. The molecule has 8 rings (SSSR count). The number of aliphatic hydroxyl groups is 2. The maximum atomic E-state index is 10.4. The van der Waals surface area contributed by atoms with Crippen LogP contribution in [0.4, 0.5) is 0 Å². The molecule has 6 heterocycles. The molecule has 2 aromatic carbocycles. The molecule has 6 saturated heterocycles. The topological polar surface area (TPSA) is 40.5 Å². The molecule has 6 fully saturated rings. The van der Waals surface area contributed by atoms with Crippen molar-refractivity contribution < 1.29 is 19.2 Å². The van der Waals surface area contributed by atoms with E-state index in [1.165, 1.54) is 74.1 Å². The molecule has 0 radical (unpaired) electrons. The Morgan fingerprint density at radius 2 is 0.941 bits per heavy atom. The highest BCUT2D eigenvalue weighted by Gasteiger charge is 2.46. The Morgan fingerprint density at radius 1 is 0.588 bits per heavy atom. The Balaban J connectivity index is 1.06. The van der Waals surface area contributed by atoms with Crippen LogP contribution in [0.1, 0.15) is 47.9 Å². The Labute approximate surface area is 204 Å². The van der Waals surface area contributed by atoms with Crippen molar-refractivity contribution in [2.75, 3.05) is 39.3 Å². The molecule has 34 heavy (non-hydrogen) atoms. The highest BCUT2D eigenvalue weighted by Crippen LogP contribution is 2.36. The van der Waals surface area contributed by atoms with Crippen molar-refractivity contribution >= 4 is 12.2 Å². The zero-order chi connectivity index (χ0) is 23.2. The lowest BCUT2D eigenvalue weighted by Gasteiger charge is -2.51. The third-order valence-electron chi connectivity index (χ3n) is 9.60. The van der Waals surface area contributed by atoms with Crippen LogP contribution < -0.4 is 0 Å². The van der Waals surface area contributed by atoms with Crippen molar-refractivity contribution in [1.82, 2.24) is 0 Å². The second kappa shape index (κ2) is 8.91. The number of benzene rings is 2.